The number of carbonyl (C=O) groups is 3. The molecule has 8 N–H and O–H groups in total. The second-order valence-corrected chi connectivity index (χ2v) is 19.3. The summed E-state index contributed by atoms with van der Waals surface area (Å²) in [6.07, 6.45) is 1.66. The first-order valence-electron chi connectivity index (χ1n) is 21.2. The van der Waals surface area contributed by atoms with Gasteiger partial charge in [0.25, 0.3) is 32.1 Å². The van der Waals surface area contributed by atoms with E-state index in [2.05, 4.69) is 32.7 Å². The lowest BCUT2D eigenvalue weighted by molar-refractivity contribution is -0.115. The van der Waals surface area contributed by atoms with Gasteiger partial charge in [-0.15, -0.1) is 10.2 Å². The fourth-order valence-electron chi connectivity index (χ4n) is 8.68. The van der Waals surface area contributed by atoms with Gasteiger partial charge in [0.2, 0.25) is 0 Å². The lowest BCUT2D eigenvalue weighted by Crippen LogP contribution is -2.34. The summed E-state index contributed by atoms with van der Waals surface area (Å²) < 4.78 is 90.0. The number of aliphatic imine (C=N–C) groups is 1. The van der Waals surface area contributed by atoms with Crippen LogP contribution in [0.3, 0.4) is 0 Å². The number of aryl methyl sites for hydroxylation is 1. The van der Waals surface area contributed by atoms with Crippen LogP contribution >= 0.6 is 11.6 Å². The zero-order chi connectivity index (χ0) is 49.9. The molecule has 1 aromatic heterocycles. The predicted octanol–water partition coefficient (Wildman–Crippen LogP) is 5.08. The maximum atomic E-state index is 13.7. The number of rotatable bonds is 11. The highest BCUT2D eigenvalue weighted by atomic mass is 35.5. The number of nitrogens with zero attached hydrogens (tertiary/aromatic N) is 4. The van der Waals surface area contributed by atoms with E-state index in [0.717, 1.165) is 28.9 Å². The molecule has 5 aromatic carbocycles. The van der Waals surface area contributed by atoms with Crippen molar-refractivity contribution in [1.29, 1.82) is 0 Å². The maximum absolute atomic E-state index is 13.7. The summed E-state index contributed by atoms with van der Waals surface area (Å²) in [6.45, 7) is 2.32. The average molecular weight is 1010 g/mol. The molecular formula is C47H39ClN8O12S2. The van der Waals surface area contributed by atoms with Gasteiger partial charge in [-0.25, -0.2) is 4.79 Å². The first-order valence-corrected chi connectivity index (χ1v) is 24.5. The molecule has 2 amide bonds. The molecule has 3 aliphatic rings. The summed E-state index contributed by atoms with van der Waals surface area (Å²) >= 11 is 6.21. The number of carbonyl (C=O) groups excluding carboxylic acids is 3. The summed E-state index contributed by atoms with van der Waals surface area (Å²) in [7, 11) is -8.77. The second kappa shape index (κ2) is 17.9. The summed E-state index contributed by atoms with van der Waals surface area (Å²) in [4.78, 5) is 43.2. The van der Waals surface area contributed by atoms with E-state index in [-0.39, 0.29) is 40.9 Å². The van der Waals surface area contributed by atoms with E-state index in [0.29, 0.717) is 47.4 Å². The Kier molecular flexibility index (Phi) is 12.1. The molecule has 70 heavy (non-hydrogen) atoms. The van der Waals surface area contributed by atoms with E-state index in [9.17, 15) is 40.3 Å². The Morgan fingerprint density at radius 1 is 0.829 bits per heavy atom. The van der Waals surface area contributed by atoms with Crippen molar-refractivity contribution in [1.82, 2.24) is 25.4 Å². The van der Waals surface area contributed by atoms with Crippen LogP contribution in [0, 0.1) is 18.8 Å². The van der Waals surface area contributed by atoms with E-state index in [1.807, 2.05) is 41.8 Å². The van der Waals surface area contributed by atoms with Gasteiger partial charge in [0.05, 0.1) is 35.4 Å². The molecule has 1 spiro atoms. The molecule has 1 unspecified atom stereocenters. The van der Waals surface area contributed by atoms with Crippen LogP contribution in [-0.4, -0.2) is 84.4 Å². The molecule has 3 aliphatic heterocycles. The summed E-state index contributed by atoms with van der Waals surface area (Å²) in [5.74, 6) is 3.83. The Bertz CT molecular complexity index is 3460. The minimum Gasteiger partial charge on any atom is -0.497 e. The minimum atomic E-state index is -5.17. The molecule has 0 radical (unpaired) electrons. The number of nitrogens with two attached hydrogens (primary N) is 2. The van der Waals surface area contributed by atoms with Crippen molar-refractivity contribution in [2.45, 2.75) is 47.6 Å². The standard InChI is InChI=1S/C47H39ClN8O12S2/c1-24-54-55-44-36(53-39(25-6-9-27(48)10-7-25)30-23-28(66-2)11-18-37(30)56(24)44)17-19-38(57)51-20-4-3-5-21-52-45(58)26-8-12-31-29(22-26)46(59)68-47(31)32-13-15-34(49)42(69(60,61)62)40(32)67-41-33(47)14-16-35(50)43(41)70(63,64)65/h6-16,18,22-23,36H,3-5,20-21,49-50H2,1-2H3,(H,51,57)(H,52,58)(H,60,61,62)(H,63,64,65). The average Bonchev–Trinajstić information content (AvgIpc) is 3.79. The Balaban J connectivity index is 0.866. The number of amides is 2. The first-order chi connectivity index (χ1) is 33.3. The van der Waals surface area contributed by atoms with Crippen LogP contribution in [0.15, 0.2) is 99.7 Å². The van der Waals surface area contributed by atoms with Crippen molar-refractivity contribution in [2.75, 3.05) is 31.7 Å². The van der Waals surface area contributed by atoms with Crippen LogP contribution in [0.4, 0.5) is 11.4 Å². The molecule has 0 saturated carbocycles. The molecule has 0 aliphatic carbocycles. The first kappa shape index (κ1) is 47.3. The third-order valence-corrected chi connectivity index (χ3v) is 13.9. The van der Waals surface area contributed by atoms with Gasteiger partial charge in [-0.3, -0.25) is 28.3 Å². The van der Waals surface area contributed by atoms with Crippen molar-refractivity contribution >= 4 is 66.7 Å². The summed E-state index contributed by atoms with van der Waals surface area (Å²) in [5.41, 5.74) is 11.2. The second-order valence-electron chi connectivity index (χ2n) is 16.2. The van der Waals surface area contributed by atoms with Gasteiger partial charge >= 0.3 is 5.97 Å². The van der Waals surface area contributed by atoms with Gasteiger partial charge in [0.15, 0.2) is 38.8 Å². The lowest BCUT2D eigenvalue weighted by atomic mass is 9.77. The molecule has 0 saturated heterocycles. The number of nitrogen functional groups attached to an aromatic ring is 2. The molecule has 0 bridgehead atoms. The summed E-state index contributed by atoms with van der Waals surface area (Å²) in [5, 5.41) is 14.8. The predicted molar refractivity (Wildman–Crippen MR) is 253 cm³/mol. The fourth-order valence-corrected chi connectivity index (χ4v) is 10.3. The van der Waals surface area contributed by atoms with E-state index in [4.69, 9.17) is 42.3 Å². The highest BCUT2D eigenvalue weighted by Crippen LogP contribution is 2.60. The molecule has 23 heteroatoms. The monoisotopic (exact) mass is 1010 g/mol. The van der Waals surface area contributed by atoms with E-state index in [1.54, 1.807) is 19.2 Å². The van der Waals surface area contributed by atoms with Crippen LogP contribution < -0.4 is 31.6 Å². The Morgan fingerprint density at radius 3 is 2.09 bits per heavy atom. The van der Waals surface area contributed by atoms with Gasteiger partial charge < -0.3 is 36.3 Å². The van der Waals surface area contributed by atoms with Crippen molar-refractivity contribution in [3.8, 4) is 34.8 Å². The van der Waals surface area contributed by atoms with E-state index < -0.39 is 82.3 Å². The Labute approximate surface area is 404 Å². The molecule has 0 fully saturated rings. The van der Waals surface area contributed by atoms with Crippen molar-refractivity contribution in [2.24, 2.45) is 4.99 Å². The number of esters is 1. The van der Waals surface area contributed by atoms with Gasteiger partial charge in [-0.2, -0.15) is 16.8 Å². The normalized spacial score (nSPS) is 15.0. The largest absolute Gasteiger partial charge is 0.497 e. The number of hydrogen-bond donors (Lipinski definition) is 6. The number of methoxy groups -OCH3 is 1. The molecule has 6 aromatic rings. The molecule has 9 rings (SSSR count). The number of hydrogen-bond acceptors (Lipinski definition) is 15. The minimum absolute atomic E-state index is 0.0401. The number of fused-ring (bicyclic) bond motifs is 9. The SMILES string of the molecule is COc1ccc2c(c1)C(c1ccc(Cl)cc1)=NC(C#CC(=O)NCCCCCNC(=O)c1ccc3c(c1)C(=O)OC31c3ccc(N)c(S(=O)(=O)O)c3Oc3c1ccc(N)c3S(=O)(=O)O)c1nnc(C)n1-2. The van der Waals surface area contributed by atoms with Gasteiger partial charge in [0, 0.05) is 51.5 Å². The zero-order valence-electron chi connectivity index (χ0n) is 36.8. The van der Waals surface area contributed by atoms with Crippen LogP contribution in [0.2, 0.25) is 5.02 Å². The van der Waals surface area contributed by atoms with Gasteiger partial charge in [-0.05, 0) is 98.8 Å². The molecule has 1 atom stereocenters. The number of ether oxygens (including phenoxy) is 3. The van der Waals surface area contributed by atoms with Gasteiger partial charge in [-0.1, -0.05) is 35.7 Å². The quantitative estimate of drug-likeness (QED) is 0.0324. The van der Waals surface area contributed by atoms with Crippen molar-refractivity contribution in [3.05, 3.63) is 141 Å². The van der Waals surface area contributed by atoms with Crippen LogP contribution in [0.5, 0.6) is 17.2 Å². The number of halogens is 1. The summed E-state index contributed by atoms with van der Waals surface area (Å²) in [6, 6.07) is 20.7. The van der Waals surface area contributed by atoms with Crippen LogP contribution in [-0.2, 0) is 35.4 Å². The number of unbranched alkanes of at least 4 members (excludes halogenated alkanes) is 2. The third kappa shape index (κ3) is 8.32. The molecule has 358 valence electrons. The van der Waals surface area contributed by atoms with Gasteiger partial charge in [0.1, 0.15) is 11.6 Å². The number of aromatic nitrogens is 3. The van der Waals surface area contributed by atoms with Crippen molar-refractivity contribution in [3.63, 3.8) is 0 Å². The van der Waals surface area contributed by atoms with E-state index >= 15 is 0 Å². The van der Waals surface area contributed by atoms with Crippen molar-refractivity contribution < 1.29 is 54.5 Å². The van der Waals surface area contributed by atoms with Crippen LogP contribution in [0.1, 0.15) is 85.5 Å². The van der Waals surface area contributed by atoms with Crippen LogP contribution in [0.25, 0.3) is 5.69 Å². The molecule has 20 nitrogen and oxygen atoms in total. The third-order valence-electron chi connectivity index (χ3n) is 11.8. The lowest BCUT2D eigenvalue weighted by Gasteiger charge is -2.37. The fraction of sp³-hybridized carbons (Fsp3) is 0.191. The topological polar surface area (TPSA) is 307 Å². The highest BCUT2D eigenvalue weighted by Gasteiger charge is 2.56. The molecule has 4 heterocycles. The Hall–Kier alpha value is -7.81. The zero-order valence-corrected chi connectivity index (χ0v) is 39.2. The maximum Gasteiger partial charge on any atom is 0.340 e. The number of anilines is 2. The molecular weight excluding hydrogens is 968 g/mol. The smallest absolute Gasteiger partial charge is 0.340 e. The number of benzene rings is 5. The highest BCUT2D eigenvalue weighted by molar-refractivity contribution is 7.86. The number of nitrogens with one attached hydrogen (secondary N) is 2. The Morgan fingerprint density at radius 2 is 1.46 bits per heavy atom. The van der Waals surface area contributed by atoms with E-state index in [1.165, 1.54) is 30.3 Å².